The van der Waals surface area contributed by atoms with Gasteiger partial charge in [-0.1, -0.05) is 18.2 Å². The molecule has 4 heteroatoms. The molecule has 0 saturated heterocycles. The Kier molecular flexibility index (Phi) is 5.21. The summed E-state index contributed by atoms with van der Waals surface area (Å²) in [4.78, 5) is 12.1. The van der Waals surface area contributed by atoms with E-state index in [4.69, 9.17) is 14.2 Å². The Hall–Kier alpha value is -2.49. The molecule has 0 aliphatic rings. The van der Waals surface area contributed by atoms with Gasteiger partial charge in [-0.3, -0.25) is 4.79 Å². The van der Waals surface area contributed by atoms with Crippen molar-refractivity contribution in [2.24, 2.45) is 0 Å². The number of hydrogen-bond acceptors (Lipinski definition) is 4. The lowest BCUT2D eigenvalue weighted by Crippen LogP contribution is -2.11. The maximum Gasteiger partial charge on any atom is 0.200 e. The molecule has 0 unspecified atom stereocenters. The lowest BCUT2D eigenvalue weighted by Gasteiger charge is -2.08. The monoisotopic (exact) mass is 286 g/mol. The summed E-state index contributed by atoms with van der Waals surface area (Å²) < 4.78 is 16.0. The number of methoxy groups -OCH3 is 1. The topological polar surface area (TPSA) is 44.8 Å². The molecule has 0 atom stereocenters. The first-order chi connectivity index (χ1) is 10.2. The predicted octanol–water partition coefficient (Wildman–Crippen LogP) is 3.36. The summed E-state index contributed by atoms with van der Waals surface area (Å²) in [5, 5.41) is 0. The van der Waals surface area contributed by atoms with Gasteiger partial charge in [-0.05, 0) is 31.2 Å². The van der Waals surface area contributed by atoms with Gasteiger partial charge in [-0.2, -0.15) is 0 Å². The normalized spacial score (nSPS) is 10.0. The van der Waals surface area contributed by atoms with Crippen LogP contribution in [0.3, 0.4) is 0 Å². The molecule has 0 radical (unpaired) electrons. The second kappa shape index (κ2) is 7.33. The predicted molar refractivity (Wildman–Crippen MR) is 80.4 cm³/mol. The van der Waals surface area contributed by atoms with Crippen LogP contribution in [0.2, 0.25) is 0 Å². The minimum atomic E-state index is -0.101. The minimum absolute atomic E-state index is 0.0251. The van der Waals surface area contributed by atoms with E-state index in [1.807, 2.05) is 19.1 Å². The van der Waals surface area contributed by atoms with Gasteiger partial charge in [0.25, 0.3) is 0 Å². The molecule has 2 aromatic carbocycles. The number of Topliss-reactive ketones (excluding diaryl/α,β-unsaturated/α-hetero) is 1. The highest BCUT2D eigenvalue weighted by molar-refractivity contribution is 5.97. The van der Waals surface area contributed by atoms with Gasteiger partial charge in [0, 0.05) is 11.6 Å². The molecule has 0 N–H and O–H groups in total. The van der Waals surface area contributed by atoms with Crippen LogP contribution >= 0.6 is 0 Å². The summed E-state index contributed by atoms with van der Waals surface area (Å²) in [6, 6.07) is 14.2. The second-order valence-corrected chi connectivity index (χ2v) is 4.35. The Morgan fingerprint density at radius 3 is 2.33 bits per heavy atom. The maximum absolute atomic E-state index is 12.1. The number of ketones is 1. The van der Waals surface area contributed by atoms with Crippen LogP contribution in [0.25, 0.3) is 0 Å². The van der Waals surface area contributed by atoms with Crippen LogP contribution in [0.1, 0.15) is 17.3 Å². The molecule has 0 saturated carbocycles. The van der Waals surface area contributed by atoms with E-state index in [1.54, 1.807) is 43.5 Å². The van der Waals surface area contributed by atoms with Crippen LogP contribution in [0.4, 0.5) is 0 Å². The van der Waals surface area contributed by atoms with E-state index in [1.165, 1.54) is 0 Å². The summed E-state index contributed by atoms with van der Waals surface area (Å²) in [7, 11) is 1.57. The fourth-order valence-corrected chi connectivity index (χ4v) is 1.85. The number of carbonyl (C=O) groups is 1. The van der Waals surface area contributed by atoms with E-state index in [0.717, 1.165) is 5.75 Å². The summed E-state index contributed by atoms with van der Waals surface area (Å²) in [6.45, 7) is 2.48. The summed E-state index contributed by atoms with van der Waals surface area (Å²) in [6.07, 6.45) is 0. The number of ether oxygens (including phenoxy) is 3. The van der Waals surface area contributed by atoms with Crippen molar-refractivity contribution in [2.45, 2.75) is 6.92 Å². The zero-order valence-corrected chi connectivity index (χ0v) is 12.2. The van der Waals surface area contributed by atoms with Gasteiger partial charge in [0.15, 0.2) is 12.4 Å². The maximum atomic E-state index is 12.1. The molecular weight excluding hydrogens is 268 g/mol. The first-order valence-corrected chi connectivity index (χ1v) is 6.76. The Labute approximate surface area is 124 Å². The minimum Gasteiger partial charge on any atom is -0.497 e. The van der Waals surface area contributed by atoms with E-state index >= 15 is 0 Å². The lowest BCUT2D eigenvalue weighted by atomic mass is 10.1. The average Bonchev–Trinajstić information content (AvgIpc) is 2.53. The molecule has 0 bridgehead atoms. The molecule has 110 valence electrons. The molecule has 0 aromatic heterocycles. The lowest BCUT2D eigenvalue weighted by molar-refractivity contribution is 0.0921. The molecule has 0 heterocycles. The van der Waals surface area contributed by atoms with Crippen molar-refractivity contribution in [2.75, 3.05) is 20.3 Å². The van der Waals surface area contributed by atoms with Crippen LogP contribution in [0.5, 0.6) is 17.2 Å². The number of carbonyl (C=O) groups excluding carboxylic acids is 1. The molecule has 0 amide bonds. The first-order valence-electron chi connectivity index (χ1n) is 6.76. The van der Waals surface area contributed by atoms with E-state index in [2.05, 4.69) is 0 Å². The smallest absolute Gasteiger partial charge is 0.200 e. The van der Waals surface area contributed by atoms with Crippen molar-refractivity contribution >= 4 is 5.78 Å². The summed E-state index contributed by atoms with van der Waals surface area (Å²) in [5.74, 6) is 1.89. The van der Waals surface area contributed by atoms with Crippen LogP contribution in [0.15, 0.2) is 48.5 Å². The second-order valence-electron chi connectivity index (χ2n) is 4.35. The van der Waals surface area contributed by atoms with Gasteiger partial charge in [0.2, 0.25) is 0 Å². The highest BCUT2D eigenvalue weighted by atomic mass is 16.5. The Bertz CT molecular complexity index is 607. The van der Waals surface area contributed by atoms with Crippen molar-refractivity contribution in [1.82, 2.24) is 0 Å². The quantitative estimate of drug-likeness (QED) is 0.732. The third kappa shape index (κ3) is 4.24. The van der Waals surface area contributed by atoms with Crippen molar-refractivity contribution in [3.8, 4) is 17.2 Å². The van der Waals surface area contributed by atoms with Crippen LogP contribution in [0, 0.1) is 0 Å². The molecule has 0 spiro atoms. The number of rotatable bonds is 7. The largest absolute Gasteiger partial charge is 0.497 e. The van der Waals surface area contributed by atoms with Crippen LogP contribution in [-0.4, -0.2) is 26.1 Å². The SMILES string of the molecule is CCOc1cccc(OCC(=O)c2cccc(OC)c2)c1. The average molecular weight is 286 g/mol. The molecular formula is C17H18O4. The Morgan fingerprint density at radius 2 is 1.62 bits per heavy atom. The molecule has 0 aliphatic carbocycles. The van der Waals surface area contributed by atoms with Gasteiger partial charge in [-0.15, -0.1) is 0 Å². The van der Waals surface area contributed by atoms with Crippen molar-refractivity contribution in [3.63, 3.8) is 0 Å². The van der Waals surface area contributed by atoms with Crippen molar-refractivity contribution < 1.29 is 19.0 Å². The zero-order valence-electron chi connectivity index (χ0n) is 12.2. The number of benzene rings is 2. The Morgan fingerprint density at radius 1 is 0.952 bits per heavy atom. The van der Waals surface area contributed by atoms with Gasteiger partial charge in [-0.25, -0.2) is 0 Å². The molecule has 0 fully saturated rings. The molecule has 2 rings (SSSR count). The Balaban J connectivity index is 1.98. The van der Waals surface area contributed by atoms with Gasteiger partial charge >= 0.3 is 0 Å². The van der Waals surface area contributed by atoms with Crippen molar-refractivity contribution in [1.29, 1.82) is 0 Å². The molecule has 0 aliphatic heterocycles. The van der Waals surface area contributed by atoms with E-state index in [9.17, 15) is 4.79 Å². The van der Waals surface area contributed by atoms with Gasteiger partial charge < -0.3 is 14.2 Å². The third-order valence-corrected chi connectivity index (χ3v) is 2.88. The standard InChI is InChI=1S/C17H18O4/c1-3-20-15-8-5-9-16(11-15)21-12-17(18)13-6-4-7-14(10-13)19-2/h4-11H,3,12H2,1-2H3. The highest BCUT2D eigenvalue weighted by Crippen LogP contribution is 2.20. The highest BCUT2D eigenvalue weighted by Gasteiger charge is 2.08. The summed E-state index contributed by atoms with van der Waals surface area (Å²) >= 11 is 0. The fourth-order valence-electron chi connectivity index (χ4n) is 1.85. The zero-order chi connectivity index (χ0) is 15.1. The van der Waals surface area contributed by atoms with Gasteiger partial charge in [0.1, 0.15) is 17.2 Å². The first kappa shape index (κ1) is 14.9. The van der Waals surface area contributed by atoms with E-state index in [0.29, 0.717) is 23.7 Å². The van der Waals surface area contributed by atoms with E-state index < -0.39 is 0 Å². The summed E-state index contributed by atoms with van der Waals surface area (Å²) in [5.41, 5.74) is 0.565. The number of hydrogen-bond donors (Lipinski definition) is 0. The molecule has 4 nitrogen and oxygen atoms in total. The van der Waals surface area contributed by atoms with Crippen LogP contribution < -0.4 is 14.2 Å². The van der Waals surface area contributed by atoms with Crippen LogP contribution in [-0.2, 0) is 0 Å². The third-order valence-electron chi connectivity index (χ3n) is 2.88. The molecule has 2 aromatic rings. The molecule has 21 heavy (non-hydrogen) atoms. The van der Waals surface area contributed by atoms with Crippen molar-refractivity contribution in [3.05, 3.63) is 54.1 Å². The fraction of sp³-hybridized carbons (Fsp3) is 0.235. The van der Waals surface area contributed by atoms with Gasteiger partial charge in [0.05, 0.1) is 13.7 Å². The van der Waals surface area contributed by atoms with E-state index in [-0.39, 0.29) is 12.4 Å².